The number of carbonyl (C=O) groups is 2. The van der Waals surface area contributed by atoms with E-state index in [9.17, 15) is 9.59 Å². The Morgan fingerprint density at radius 2 is 1.65 bits per heavy atom. The van der Waals surface area contributed by atoms with Crippen LogP contribution in [0.15, 0.2) is 54.6 Å². The fourth-order valence-electron chi connectivity index (χ4n) is 2.74. The third-order valence-electron chi connectivity index (χ3n) is 4.17. The molecule has 0 aliphatic rings. The lowest BCUT2D eigenvalue weighted by atomic mass is 9.96. The number of rotatable bonds is 8. The predicted molar refractivity (Wildman–Crippen MR) is 102 cm³/mol. The van der Waals surface area contributed by atoms with Crippen LogP contribution < -0.4 is 10.6 Å². The molecular formula is C21H26N2O3. The summed E-state index contributed by atoms with van der Waals surface area (Å²) in [5.41, 5.74) is 2.59. The summed E-state index contributed by atoms with van der Waals surface area (Å²) >= 11 is 0. The molecule has 0 aliphatic heterocycles. The van der Waals surface area contributed by atoms with E-state index in [1.807, 2.05) is 18.2 Å². The van der Waals surface area contributed by atoms with Crippen molar-refractivity contribution in [2.75, 3.05) is 13.7 Å². The van der Waals surface area contributed by atoms with Gasteiger partial charge in [-0.25, -0.2) is 4.79 Å². The van der Waals surface area contributed by atoms with Crippen molar-refractivity contribution in [2.24, 2.45) is 5.92 Å². The Hall–Kier alpha value is -2.66. The second-order valence-corrected chi connectivity index (χ2v) is 6.48. The maximum atomic E-state index is 12.1. The summed E-state index contributed by atoms with van der Waals surface area (Å²) in [6.07, 6.45) is 0. The van der Waals surface area contributed by atoms with Crippen LogP contribution in [0.25, 0.3) is 0 Å². The normalized spacial score (nSPS) is 11.8. The first kappa shape index (κ1) is 19.7. The Balaban J connectivity index is 1.83. The van der Waals surface area contributed by atoms with Crippen molar-refractivity contribution in [1.29, 1.82) is 0 Å². The number of hydrogen-bond donors (Lipinski definition) is 2. The molecule has 26 heavy (non-hydrogen) atoms. The average molecular weight is 354 g/mol. The van der Waals surface area contributed by atoms with Gasteiger partial charge in [-0.3, -0.25) is 4.79 Å². The van der Waals surface area contributed by atoms with Crippen molar-refractivity contribution >= 4 is 11.9 Å². The van der Waals surface area contributed by atoms with Crippen molar-refractivity contribution in [3.8, 4) is 0 Å². The number of carbonyl (C=O) groups excluding carboxylic acids is 2. The van der Waals surface area contributed by atoms with Crippen LogP contribution in [0.1, 0.15) is 41.4 Å². The monoisotopic (exact) mass is 354 g/mol. The van der Waals surface area contributed by atoms with E-state index in [2.05, 4.69) is 41.4 Å². The van der Waals surface area contributed by atoms with Gasteiger partial charge in [0, 0.05) is 12.6 Å². The van der Waals surface area contributed by atoms with Crippen molar-refractivity contribution in [3.63, 3.8) is 0 Å². The Labute approximate surface area is 154 Å². The van der Waals surface area contributed by atoms with Gasteiger partial charge in [-0.1, -0.05) is 56.3 Å². The minimum Gasteiger partial charge on any atom is -0.465 e. The Bertz CT molecular complexity index is 712. The first-order chi connectivity index (χ1) is 12.5. The Kier molecular flexibility index (Phi) is 7.36. The second kappa shape index (κ2) is 9.73. The summed E-state index contributed by atoms with van der Waals surface area (Å²) in [6.45, 7) is 4.93. The molecule has 0 bridgehead atoms. The first-order valence-corrected chi connectivity index (χ1v) is 8.73. The maximum Gasteiger partial charge on any atom is 0.337 e. The van der Waals surface area contributed by atoms with Crippen molar-refractivity contribution in [2.45, 2.75) is 26.4 Å². The van der Waals surface area contributed by atoms with Crippen molar-refractivity contribution in [3.05, 3.63) is 71.3 Å². The van der Waals surface area contributed by atoms with Gasteiger partial charge >= 0.3 is 5.97 Å². The van der Waals surface area contributed by atoms with Gasteiger partial charge in [-0.05, 0) is 29.2 Å². The average Bonchev–Trinajstić information content (AvgIpc) is 2.67. The minimum atomic E-state index is -0.370. The van der Waals surface area contributed by atoms with E-state index in [-0.39, 0.29) is 24.5 Å². The van der Waals surface area contributed by atoms with Gasteiger partial charge in [0.1, 0.15) is 0 Å². The molecule has 0 aliphatic carbocycles. The Morgan fingerprint density at radius 3 is 2.23 bits per heavy atom. The molecule has 138 valence electrons. The zero-order chi connectivity index (χ0) is 18.9. The van der Waals surface area contributed by atoms with Crippen LogP contribution in [0.4, 0.5) is 0 Å². The molecule has 2 rings (SSSR count). The van der Waals surface area contributed by atoms with Crippen molar-refractivity contribution < 1.29 is 14.3 Å². The quantitative estimate of drug-likeness (QED) is 0.715. The lowest BCUT2D eigenvalue weighted by molar-refractivity contribution is -0.120. The molecule has 0 heterocycles. The standard InChI is InChI=1S/C21H26N2O3/c1-15(2)20(17-7-5-4-6-8-17)23-14-19(24)22-13-16-9-11-18(12-10-16)21(25)26-3/h4-12,15,20,23H,13-14H2,1-3H3,(H,22,24)/t20-/m1/s1. The number of methoxy groups -OCH3 is 1. The number of esters is 1. The van der Waals surface area contributed by atoms with E-state index in [1.54, 1.807) is 24.3 Å². The molecule has 0 spiro atoms. The van der Waals surface area contributed by atoms with Crippen LogP contribution in [-0.4, -0.2) is 25.5 Å². The lowest BCUT2D eigenvalue weighted by Crippen LogP contribution is -2.37. The van der Waals surface area contributed by atoms with E-state index in [0.717, 1.165) is 5.56 Å². The van der Waals surface area contributed by atoms with Gasteiger partial charge in [0.2, 0.25) is 5.91 Å². The van der Waals surface area contributed by atoms with Crippen molar-refractivity contribution in [1.82, 2.24) is 10.6 Å². The number of benzene rings is 2. The first-order valence-electron chi connectivity index (χ1n) is 8.73. The molecule has 0 radical (unpaired) electrons. The minimum absolute atomic E-state index is 0.0661. The predicted octanol–water partition coefficient (Wildman–Crippen LogP) is 3.08. The van der Waals surface area contributed by atoms with Gasteiger partial charge in [-0.15, -0.1) is 0 Å². The summed E-state index contributed by atoms with van der Waals surface area (Å²) in [5.74, 6) is -0.0647. The van der Waals surface area contributed by atoms with Crippen LogP contribution in [-0.2, 0) is 16.1 Å². The molecule has 2 aromatic rings. The third kappa shape index (κ3) is 5.70. The summed E-state index contributed by atoms with van der Waals surface area (Å²) in [7, 11) is 1.35. The molecular weight excluding hydrogens is 328 g/mol. The summed E-state index contributed by atoms with van der Waals surface area (Å²) in [6, 6.07) is 17.2. The second-order valence-electron chi connectivity index (χ2n) is 6.48. The zero-order valence-corrected chi connectivity index (χ0v) is 15.5. The molecule has 5 nitrogen and oxygen atoms in total. The summed E-state index contributed by atoms with van der Waals surface area (Å²) < 4.78 is 4.67. The highest BCUT2D eigenvalue weighted by Gasteiger charge is 2.16. The molecule has 2 aromatic carbocycles. The molecule has 2 N–H and O–H groups in total. The van der Waals surface area contributed by atoms with Crippen LogP contribution in [0, 0.1) is 5.92 Å². The number of ether oxygens (including phenoxy) is 1. The molecule has 0 unspecified atom stereocenters. The smallest absolute Gasteiger partial charge is 0.337 e. The SMILES string of the molecule is COC(=O)c1ccc(CNC(=O)CN[C@@H](c2ccccc2)C(C)C)cc1. The fourth-order valence-corrected chi connectivity index (χ4v) is 2.74. The largest absolute Gasteiger partial charge is 0.465 e. The summed E-state index contributed by atoms with van der Waals surface area (Å²) in [4.78, 5) is 23.6. The number of nitrogens with one attached hydrogen (secondary N) is 2. The van der Waals surface area contributed by atoms with Gasteiger partial charge in [-0.2, -0.15) is 0 Å². The summed E-state index contributed by atoms with van der Waals surface area (Å²) in [5, 5.41) is 6.22. The third-order valence-corrected chi connectivity index (χ3v) is 4.17. The van der Waals surface area contributed by atoms with Gasteiger partial charge in [0.15, 0.2) is 0 Å². The topological polar surface area (TPSA) is 67.4 Å². The molecule has 0 saturated heterocycles. The number of hydrogen-bond acceptors (Lipinski definition) is 4. The molecule has 5 heteroatoms. The van der Waals surface area contributed by atoms with E-state index >= 15 is 0 Å². The van der Waals surface area contributed by atoms with E-state index in [4.69, 9.17) is 0 Å². The highest BCUT2D eigenvalue weighted by Crippen LogP contribution is 2.20. The molecule has 0 saturated carbocycles. The van der Waals surface area contributed by atoms with E-state index < -0.39 is 0 Å². The fraction of sp³-hybridized carbons (Fsp3) is 0.333. The molecule has 0 fully saturated rings. The highest BCUT2D eigenvalue weighted by molar-refractivity contribution is 5.89. The molecule has 1 amide bonds. The van der Waals surface area contributed by atoms with Gasteiger partial charge in [0.05, 0.1) is 19.2 Å². The van der Waals surface area contributed by atoms with E-state index in [0.29, 0.717) is 18.0 Å². The number of amides is 1. The highest BCUT2D eigenvalue weighted by atomic mass is 16.5. The van der Waals surface area contributed by atoms with Gasteiger partial charge < -0.3 is 15.4 Å². The van der Waals surface area contributed by atoms with Crippen LogP contribution in [0.5, 0.6) is 0 Å². The van der Waals surface area contributed by atoms with E-state index in [1.165, 1.54) is 12.7 Å². The maximum absolute atomic E-state index is 12.1. The lowest BCUT2D eigenvalue weighted by Gasteiger charge is -2.22. The van der Waals surface area contributed by atoms with Crippen LogP contribution in [0.2, 0.25) is 0 Å². The molecule has 1 atom stereocenters. The van der Waals surface area contributed by atoms with Crippen LogP contribution in [0.3, 0.4) is 0 Å². The Morgan fingerprint density at radius 1 is 1.00 bits per heavy atom. The molecule has 0 aromatic heterocycles. The van der Waals surface area contributed by atoms with Crippen LogP contribution >= 0.6 is 0 Å². The van der Waals surface area contributed by atoms with Gasteiger partial charge in [0.25, 0.3) is 0 Å². The zero-order valence-electron chi connectivity index (χ0n) is 15.5.